The van der Waals surface area contributed by atoms with Crippen LogP contribution in [-0.4, -0.2) is 4.98 Å². The van der Waals surface area contributed by atoms with Crippen molar-refractivity contribution in [3.05, 3.63) is 23.4 Å². The molecule has 0 fully saturated rings. The molecule has 0 N–H and O–H groups in total. The van der Waals surface area contributed by atoms with Gasteiger partial charge in [-0.25, -0.2) is 4.98 Å². The van der Waals surface area contributed by atoms with E-state index >= 15 is 0 Å². The van der Waals surface area contributed by atoms with Crippen LogP contribution < -0.4 is 0 Å². The average Bonchev–Trinajstić information content (AvgIpc) is 2.04. The van der Waals surface area contributed by atoms with Crippen molar-refractivity contribution in [1.82, 2.24) is 4.98 Å². The van der Waals surface area contributed by atoms with E-state index < -0.39 is 0 Å². The first-order chi connectivity index (χ1) is 5.29. The molecule has 0 bridgehead atoms. The van der Waals surface area contributed by atoms with Crippen LogP contribution in [0.2, 0.25) is 0 Å². The molecule has 0 unspecified atom stereocenters. The summed E-state index contributed by atoms with van der Waals surface area (Å²) in [5.74, 6) is 0. The van der Waals surface area contributed by atoms with Gasteiger partial charge in [0.25, 0.3) is 0 Å². The molecule has 0 saturated heterocycles. The van der Waals surface area contributed by atoms with Gasteiger partial charge in [0.05, 0.1) is 5.56 Å². The first-order valence-electron chi connectivity index (χ1n) is 2.77. The Kier molecular flexibility index (Phi) is 2.10. The highest BCUT2D eigenvalue weighted by molar-refractivity contribution is 7.80. The molecule has 0 aliphatic heterocycles. The second kappa shape index (κ2) is 3.05. The van der Waals surface area contributed by atoms with Gasteiger partial charge in [0.15, 0.2) is 0 Å². The molecule has 0 aliphatic rings. The zero-order valence-corrected chi connectivity index (χ0v) is 6.34. The Labute approximate surface area is 69.3 Å². The molecule has 0 aromatic carbocycles. The lowest BCUT2D eigenvalue weighted by Gasteiger charge is -1.94. The fourth-order valence-corrected chi connectivity index (χ4v) is 0.891. The molecule has 4 heteroatoms. The average molecular weight is 161 g/mol. The monoisotopic (exact) mass is 161 g/mol. The van der Waals surface area contributed by atoms with Crippen molar-refractivity contribution < 1.29 is 0 Å². The number of rotatable bonds is 0. The van der Waals surface area contributed by atoms with E-state index in [4.69, 9.17) is 10.5 Å². The summed E-state index contributed by atoms with van der Waals surface area (Å²) in [5.41, 5.74) is 0.547. The number of nitriles is 2. The van der Waals surface area contributed by atoms with Gasteiger partial charge in [-0.05, 0) is 6.07 Å². The lowest BCUT2D eigenvalue weighted by atomic mass is 10.2. The van der Waals surface area contributed by atoms with E-state index in [0.717, 1.165) is 0 Å². The Bertz CT molecular complexity index is 359. The summed E-state index contributed by atoms with van der Waals surface area (Å²) in [4.78, 5) is 3.75. The predicted molar refractivity (Wildman–Crippen MR) is 40.9 cm³/mol. The van der Waals surface area contributed by atoms with E-state index in [1.54, 1.807) is 0 Å². The van der Waals surface area contributed by atoms with Crippen LogP contribution in [0.25, 0.3) is 0 Å². The highest BCUT2D eigenvalue weighted by atomic mass is 32.1. The third kappa shape index (κ3) is 1.31. The molecule has 1 rings (SSSR count). The maximum atomic E-state index is 8.54. The number of thiol groups is 1. The second-order valence-electron chi connectivity index (χ2n) is 1.78. The Hall–Kier alpha value is -1.52. The quantitative estimate of drug-likeness (QED) is 0.580. The van der Waals surface area contributed by atoms with Crippen molar-refractivity contribution in [3.63, 3.8) is 0 Å². The first kappa shape index (κ1) is 7.59. The van der Waals surface area contributed by atoms with Gasteiger partial charge < -0.3 is 0 Å². The van der Waals surface area contributed by atoms with Crippen molar-refractivity contribution in [3.8, 4) is 12.1 Å². The SMILES string of the molecule is N#Cc1ccnc(S)c1C#N. The van der Waals surface area contributed by atoms with Crippen LogP contribution in [0.4, 0.5) is 0 Å². The van der Waals surface area contributed by atoms with Crippen molar-refractivity contribution in [2.45, 2.75) is 5.03 Å². The number of hydrogen-bond donors (Lipinski definition) is 1. The zero-order valence-electron chi connectivity index (χ0n) is 5.44. The largest absolute Gasteiger partial charge is 0.249 e. The first-order valence-corrected chi connectivity index (χ1v) is 3.22. The maximum absolute atomic E-state index is 8.54. The topological polar surface area (TPSA) is 60.5 Å². The van der Waals surface area contributed by atoms with Gasteiger partial charge in [-0.3, -0.25) is 0 Å². The molecule has 0 amide bonds. The van der Waals surface area contributed by atoms with E-state index in [1.165, 1.54) is 12.3 Å². The molecule has 0 atom stereocenters. The van der Waals surface area contributed by atoms with Crippen molar-refractivity contribution in [2.75, 3.05) is 0 Å². The number of hydrogen-bond acceptors (Lipinski definition) is 4. The zero-order chi connectivity index (χ0) is 8.27. The minimum Gasteiger partial charge on any atom is -0.249 e. The summed E-state index contributed by atoms with van der Waals surface area (Å²) in [6.07, 6.45) is 1.45. The smallest absolute Gasteiger partial charge is 0.112 e. The maximum Gasteiger partial charge on any atom is 0.112 e. The molecule has 11 heavy (non-hydrogen) atoms. The van der Waals surface area contributed by atoms with Crippen LogP contribution in [0.5, 0.6) is 0 Å². The van der Waals surface area contributed by atoms with E-state index in [0.29, 0.717) is 10.6 Å². The van der Waals surface area contributed by atoms with Crippen molar-refractivity contribution >= 4 is 12.6 Å². The highest BCUT2D eigenvalue weighted by Crippen LogP contribution is 2.12. The van der Waals surface area contributed by atoms with Gasteiger partial charge in [0, 0.05) is 6.20 Å². The molecule has 52 valence electrons. The normalized spacial score (nSPS) is 8.27. The van der Waals surface area contributed by atoms with Crippen molar-refractivity contribution in [1.29, 1.82) is 10.5 Å². The third-order valence-corrected chi connectivity index (χ3v) is 1.50. The van der Waals surface area contributed by atoms with Crippen LogP contribution in [-0.2, 0) is 0 Å². The molecule has 0 saturated carbocycles. The number of aromatic nitrogens is 1. The molecule has 0 aliphatic carbocycles. The van der Waals surface area contributed by atoms with Gasteiger partial charge in [-0.1, -0.05) is 0 Å². The minimum absolute atomic E-state index is 0.235. The van der Waals surface area contributed by atoms with E-state index in [-0.39, 0.29) is 5.56 Å². The summed E-state index contributed by atoms with van der Waals surface area (Å²) in [7, 11) is 0. The second-order valence-corrected chi connectivity index (χ2v) is 2.20. The summed E-state index contributed by atoms with van der Waals surface area (Å²) in [6, 6.07) is 5.21. The summed E-state index contributed by atoms with van der Waals surface area (Å²) < 4.78 is 0. The Balaban J connectivity index is 3.42. The van der Waals surface area contributed by atoms with Crippen LogP contribution in [0.1, 0.15) is 11.1 Å². The fraction of sp³-hybridized carbons (Fsp3) is 0. The molecule has 1 aromatic rings. The Morgan fingerprint density at radius 2 is 2.09 bits per heavy atom. The molecule has 0 radical (unpaired) electrons. The highest BCUT2D eigenvalue weighted by Gasteiger charge is 2.04. The van der Waals surface area contributed by atoms with Gasteiger partial charge in [-0.15, -0.1) is 12.6 Å². The summed E-state index contributed by atoms with van der Waals surface area (Å²) in [6.45, 7) is 0. The standard InChI is InChI=1S/C7H3N3S/c8-3-5-1-2-10-7(11)6(5)4-9/h1-2H,(H,10,11). The summed E-state index contributed by atoms with van der Waals surface area (Å²) in [5, 5.41) is 17.3. The Morgan fingerprint density at radius 3 is 2.55 bits per heavy atom. The number of pyridine rings is 1. The van der Waals surface area contributed by atoms with E-state index in [9.17, 15) is 0 Å². The van der Waals surface area contributed by atoms with Crippen LogP contribution in [0, 0.1) is 22.7 Å². The summed E-state index contributed by atoms with van der Waals surface area (Å²) >= 11 is 3.92. The van der Waals surface area contributed by atoms with E-state index in [2.05, 4.69) is 17.6 Å². The third-order valence-electron chi connectivity index (χ3n) is 1.16. The van der Waals surface area contributed by atoms with Crippen LogP contribution >= 0.6 is 12.6 Å². The van der Waals surface area contributed by atoms with E-state index in [1.807, 2.05) is 12.1 Å². The minimum atomic E-state index is 0.235. The lowest BCUT2D eigenvalue weighted by Crippen LogP contribution is -1.87. The van der Waals surface area contributed by atoms with Gasteiger partial charge in [0.1, 0.15) is 22.7 Å². The lowest BCUT2D eigenvalue weighted by molar-refractivity contribution is 1.11. The Morgan fingerprint density at radius 1 is 1.36 bits per heavy atom. The fourth-order valence-electron chi connectivity index (χ4n) is 0.654. The molecule has 0 spiro atoms. The van der Waals surface area contributed by atoms with Gasteiger partial charge in [-0.2, -0.15) is 10.5 Å². The molecular weight excluding hydrogens is 158 g/mol. The predicted octanol–water partition coefficient (Wildman–Crippen LogP) is 1.11. The van der Waals surface area contributed by atoms with Crippen LogP contribution in [0.15, 0.2) is 17.3 Å². The molecular formula is C7H3N3S. The molecule has 1 heterocycles. The number of nitrogens with zero attached hydrogens (tertiary/aromatic N) is 3. The molecule has 1 aromatic heterocycles. The van der Waals surface area contributed by atoms with Gasteiger partial charge >= 0.3 is 0 Å². The molecule has 3 nitrogen and oxygen atoms in total. The van der Waals surface area contributed by atoms with Crippen LogP contribution in [0.3, 0.4) is 0 Å². The van der Waals surface area contributed by atoms with Gasteiger partial charge in [0.2, 0.25) is 0 Å². The van der Waals surface area contributed by atoms with Crippen molar-refractivity contribution in [2.24, 2.45) is 0 Å².